The Morgan fingerprint density at radius 2 is 1.50 bits per heavy atom. The molecule has 0 aliphatic heterocycles. The minimum Gasteiger partial charge on any atom is -0.497 e. The van der Waals surface area contributed by atoms with Gasteiger partial charge in [0.15, 0.2) is 6.61 Å². The Morgan fingerprint density at radius 3 is 2.20 bits per heavy atom. The van der Waals surface area contributed by atoms with Crippen molar-refractivity contribution in [1.29, 1.82) is 0 Å². The van der Waals surface area contributed by atoms with Gasteiger partial charge in [0.25, 0.3) is 11.8 Å². The van der Waals surface area contributed by atoms with Crippen LogP contribution >= 0.6 is 0 Å². The van der Waals surface area contributed by atoms with Crippen LogP contribution in [-0.2, 0) is 4.79 Å². The molecule has 0 saturated carbocycles. The van der Waals surface area contributed by atoms with Gasteiger partial charge >= 0.3 is 0 Å². The van der Waals surface area contributed by atoms with Gasteiger partial charge in [-0.2, -0.15) is 0 Å². The Morgan fingerprint density at radius 1 is 0.867 bits per heavy atom. The molecular formula is C24H24N2O4. The Kier molecular flexibility index (Phi) is 7.05. The standard InChI is InChI=1S/C24H24N2O4/c1-17(18-8-4-3-5-9-18)25-24(28)21-10-6-7-11-22(21)26-23(27)16-30-20-14-12-19(29-2)13-15-20/h3-15,17H,16H2,1-2H3,(H,25,28)(H,26,27)/t17-/m1/s1. The molecule has 0 unspecified atom stereocenters. The number of amides is 2. The molecule has 0 aliphatic carbocycles. The van der Waals surface area contributed by atoms with Crippen molar-refractivity contribution < 1.29 is 19.1 Å². The fraction of sp³-hybridized carbons (Fsp3) is 0.167. The highest BCUT2D eigenvalue weighted by molar-refractivity contribution is 6.04. The van der Waals surface area contributed by atoms with Crippen LogP contribution in [0.3, 0.4) is 0 Å². The zero-order valence-electron chi connectivity index (χ0n) is 16.9. The Labute approximate surface area is 175 Å². The summed E-state index contributed by atoms with van der Waals surface area (Å²) in [6.45, 7) is 1.74. The van der Waals surface area contributed by atoms with Gasteiger partial charge in [0.2, 0.25) is 0 Å². The second kappa shape index (κ2) is 10.1. The van der Waals surface area contributed by atoms with Crippen LogP contribution in [-0.4, -0.2) is 25.5 Å². The zero-order chi connectivity index (χ0) is 21.3. The lowest BCUT2D eigenvalue weighted by Gasteiger charge is -2.16. The number of hydrogen-bond donors (Lipinski definition) is 2. The van der Waals surface area contributed by atoms with E-state index in [1.807, 2.05) is 37.3 Å². The number of hydrogen-bond acceptors (Lipinski definition) is 4. The summed E-state index contributed by atoms with van der Waals surface area (Å²) in [5, 5.41) is 5.71. The van der Waals surface area contributed by atoms with E-state index in [0.717, 1.165) is 5.56 Å². The van der Waals surface area contributed by atoms with Crippen LogP contribution in [0.25, 0.3) is 0 Å². The number of carbonyl (C=O) groups is 2. The fourth-order valence-electron chi connectivity index (χ4n) is 2.90. The van der Waals surface area contributed by atoms with Crippen LogP contribution in [0.5, 0.6) is 11.5 Å². The highest BCUT2D eigenvalue weighted by atomic mass is 16.5. The molecule has 1 atom stereocenters. The quantitative estimate of drug-likeness (QED) is 0.590. The first kappa shape index (κ1) is 20.9. The lowest BCUT2D eigenvalue weighted by molar-refractivity contribution is -0.118. The minimum atomic E-state index is -0.359. The van der Waals surface area contributed by atoms with Gasteiger partial charge in [-0.05, 0) is 48.9 Å². The van der Waals surface area contributed by atoms with Crippen LogP contribution in [0.2, 0.25) is 0 Å². The van der Waals surface area contributed by atoms with Gasteiger partial charge < -0.3 is 20.1 Å². The summed E-state index contributed by atoms with van der Waals surface area (Å²) < 4.78 is 10.6. The second-order valence-corrected chi connectivity index (χ2v) is 6.66. The maximum atomic E-state index is 12.8. The van der Waals surface area contributed by atoms with Gasteiger partial charge in [0.05, 0.1) is 24.4 Å². The third kappa shape index (κ3) is 5.61. The molecule has 2 amide bonds. The lowest BCUT2D eigenvalue weighted by atomic mass is 10.1. The smallest absolute Gasteiger partial charge is 0.262 e. The first-order chi connectivity index (χ1) is 14.6. The normalized spacial score (nSPS) is 11.3. The van der Waals surface area contributed by atoms with E-state index in [-0.39, 0.29) is 24.5 Å². The van der Waals surface area contributed by atoms with Gasteiger partial charge in [-0.25, -0.2) is 0 Å². The second-order valence-electron chi connectivity index (χ2n) is 6.66. The van der Waals surface area contributed by atoms with Crippen molar-refractivity contribution in [1.82, 2.24) is 5.32 Å². The van der Waals surface area contributed by atoms with Gasteiger partial charge in [0.1, 0.15) is 11.5 Å². The molecular weight excluding hydrogens is 380 g/mol. The van der Waals surface area contributed by atoms with Gasteiger partial charge in [-0.15, -0.1) is 0 Å². The Bertz CT molecular complexity index is 988. The van der Waals surface area contributed by atoms with Crippen molar-refractivity contribution in [3.8, 4) is 11.5 Å². The Balaban J connectivity index is 1.61. The summed E-state index contributed by atoms with van der Waals surface area (Å²) in [4.78, 5) is 25.1. The molecule has 0 aromatic heterocycles. The number of anilines is 1. The summed E-state index contributed by atoms with van der Waals surface area (Å²) in [7, 11) is 1.58. The number of rotatable bonds is 8. The number of ether oxygens (including phenoxy) is 2. The maximum Gasteiger partial charge on any atom is 0.262 e. The van der Waals surface area contributed by atoms with Gasteiger partial charge in [-0.1, -0.05) is 42.5 Å². The summed E-state index contributed by atoms with van der Waals surface area (Å²) >= 11 is 0. The molecule has 0 bridgehead atoms. The third-order valence-electron chi connectivity index (χ3n) is 4.52. The number of nitrogens with one attached hydrogen (secondary N) is 2. The summed E-state index contributed by atoms with van der Waals surface area (Å²) in [6.07, 6.45) is 0. The highest BCUT2D eigenvalue weighted by Crippen LogP contribution is 2.19. The largest absolute Gasteiger partial charge is 0.497 e. The SMILES string of the molecule is COc1ccc(OCC(=O)Nc2ccccc2C(=O)N[C@H](C)c2ccccc2)cc1. The van der Waals surface area contributed by atoms with E-state index in [1.165, 1.54) is 0 Å². The summed E-state index contributed by atoms with van der Waals surface area (Å²) in [5.41, 5.74) is 1.82. The van der Waals surface area contributed by atoms with Crippen molar-refractivity contribution in [2.45, 2.75) is 13.0 Å². The third-order valence-corrected chi connectivity index (χ3v) is 4.52. The predicted molar refractivity (Wildman–Crippen MR) is 116 cm³/mol. The van der Waals surface area contributed by atoms with Crippen LogP contribution in [0, 0.1) is 0 Å². The highest BCUT2D eigenvalue weighted by Gasteiger charge is 2.16. The summed E-state index contributed by atoms with van der Waals surface area (Å²) in [6, 6.07) is 23.3. The van der Waals surface area contributed by atoms with Crippen molar-refractivity contribution in [2.24, 2.45) is 0 Å². The predicted octanol–water partition coefficient (Wildman–Crippen LogP) is 4.20. The van der Waals surface area contributed by atoms with Crippen molar-refractivity contribution >= 4 is 17.5 Å². The molecule has 3 aromatic carbocycles. The Hall–Kier alpha value is -3.80. The molecule has 0 spiro atoms. The molecule has 0 aliphatic rings. The monoisotopic (exact) mass is 404 g/mol. The van der Waals surface area contributed by atoms with Crippen molar-refractivity contribution in [2.75, 3.05) is 19.0 Å². The summed E-state index contributed by atoms with van der Waals surface area (Å²) in [5.74, 6) is 0.630. The average Bonchev–Trinajstić information content (AvgIpc) is 2.79. The van der Waals surface area contributed by atoms with E-state index < -0.39 is 0 Å². The van der Waals surface area contributed by atoms with Crippen LogP contribution in [0.1, 0.15) is 28.9 Å². The van der Waals surface area contributed by atoms with E-state index in [9.17, 15) is 9.59 Å². The van der Waals surface area contributed by atoms with Crippen LogP contribution < -0.4 is 20.1 Å². The number of methoxy groups -OCH3 is 1. The molecule has 30 heavy (non-hydrogen) atoms. The molecule has 154 valence electrons. The van der Waals surface area contributed by atoms with Crippen molar-refractivity contribution in [3.63, 3.8) is 0 Å². The average molecular weight is 404 g/mol. The molecule has 0 saturated heterocycles. The molecule has 0 heterocycles. The van der Waals surface area contributed by atoms with E-state index in [4.69, 9.17) is 9.47 Å². The lowest BCUT2D eigenvalue weighted by Crippen LogP contribution is -2.28. The fourth-order valence-corrected chi connectivity index (χ4v) is 2.90. The van der Waals surface area contributed by atoms with E-state index >= 15 is 0 Å². The van der Waals surface area contributed by atoms with Crippen molar-refractivity contribution in [3.05, 3.63) is 90.0 Å². The zero-order valence-corrected chi connectivity index (χ0v) is 16.9. The molecule has 0 fully saturated rings. The maximum absolute atomic E-state index is 12.8. The molecule has 3 aromatic rings. The molecule has 6 nitrogen and oxygen atoms in total. The topological polar surface area (TPSA) is 76.7 Å². The molecule has 2 N–H and O–H groups in total. The first-order valence-electron chi connectivity index (χ1n) is 9.58. The van der Waals surface area contributed by atoms with E-state index in [0.29, 0.717) is 22.7 Å². The number of para-hydroxylation sites is 1. The first-order valence-corrected chi connectivity index (χ1v) is 9.58. The minimum absolute atomic E-state index is 0.166. The van der Waals surface area contributed by atoms with E-state index in [1.54, 1.807) is 55.6 Å². The van der Waals surface area contributed by atoms with E-state index in [2.05, 4.69) is 10.6 Å². The van der Waals surface area contributed by atoms with Gasteiger partial charge in [0, 0.05) is 0 Å². The van der Waals surface area contributed by atoms with Crippen LogP contribution in [0.4, 0.5) is 5.69 Å². The number of carbonyl (C=O) groups excluding carboxylic acids is 2. The van der Waals surface area contributed by atoms with Crippen LogP contribution in [0.15, 0.2) is 78.9 Å². The number of benzene rings is 3. The van der Waals surface area contributed by atoms with Gasteiger partial charge in [-0.3, -0.25) is 9.59 Å². The molecule has 0 radical (unpaired) electrons. The molecule has 6 heteroatoms. The molecule has 3 rings (SSSR count).